The summed E-state index contributed by atoms with van der Waals surface area (Å²) in [5.74, 6) is -1.69. The van der Waals surface area contributed by atoms with Crippen LogP contribution < -0.4 is 0 Å². The average Bonchev–Trinajstić information content (AvgIpc) is 2.15. The van der Waals surface area contributed by atoms with Gasteiger partial charge in [-0.2, -0.15) is 4.39 Å². The zero-order valence-corrected chi connectivity index (χ0v) is 8.04. The van der Waals surface area contributed by atoms with Gasteiger partial charge in [0.15, 0.2) is 0 Å². The highest BCUT2D eigenvalue weighted by molar-refractivity contribution is 6.67. The number of carbonyl (C=O) groups is 1. The average molecular weight is 255 g/mol. The molecule has 0 aromatic carbocycles. The molecule has 0 spiro atoms. The van der Waals surface area contributed by atoms with Crippen molar-refractivity contribution in [2.45, 2.75) is 6.43 Å². The highest BCUT2D eigenvalue weighted by atomic mass is 35.5. The summed E-state index contributed by atoms with van der Waals surface area (Å²) in [6, 6.07) is 0. The predicted molar refractivity (Wildman–Crippen MR) is 46.0 cm³/mol. The summed E-state index contributed by atoms with van der Waals surface area (Å²) < 4.78 is 37.8. The summed E-state index contributed by atoms with van der Waals surface area (Å²) in [5.41, 5.74) is -3.79. The number of carbonyl (C=O) groups excluding carboxylic acids is 1. The monoisotopic (exact) mass is 254 g/mol. The molecule has 9 heteroatoms. The fourth-order valence-corrected chi connectivity index (χ4v) is 1.19. The van der Waals surface area contributed by atoms with E-state index in [4.69, 9.17) is 11.6 Å². The molecule has 0 amide bonds. The van der Waals surface area contributed by atoms with Crippen molar-refractivity contribution in [3.63, 3.8) is 0 Å². The molecule has 0 radical (unpaired) electrons. The lowest BCUT2D eigenvalue weighted by Crippen LogP contribution is -2.07. The number of nitro groups is 1. The van der Waals surface area contributed by atoms with Crippen LogP contribution in [0, 0.1) is 16.1 Å². The Morgan fingerprint density at radius 1 is 1.56 bits per heavy atom. The number of hydrogen-bond acceptors (Lipinski definition) is 4. The van der Waals surface area contributed by atoms with Crippen LogP contribution in [0.25, 0.3) is 0 Å². The maximum Gasteiger partial charge on any atom is 0.333 e. The van der Waals surface area contributed by atoms with E-state index in [0.29, 0.717) is 6.20 Å². The summed E-state index contributed by atoms with van der Waals surface area (Å²) in [6.45, 7) is 0. The highest BCUT2D eigenvalue weighted by Crippen LogP contribution is 2.33. The lowest BCUT2D eigenvalue weighted by Gasteiger charge is -2.05. The molecule has 1 aromatic heterocycles. The Labute approximate surface area is 91.0 Å². The van der Waals surface area contributed by atoms with Crippen molar-refractivity contribution in [2.24, 2.45) is 0 Å². The maximum atomic E-state index is 12.9. The quantitative estimate of drug-likeness (QED) is 0.359. The first-order valence-corrected chi connectivity index (χ1v) is 4.04. The lowest BCUT2D eigenvalue weighted by atomic mass is 10.1. The minimum atomic E-state index is -3.41. The van der Waals surface area contributed by atoms with E-state index in [1.54, 1.807) is 0 Å². The van der Waals surface area contributed by atoms with E-state index in [2.05, 4.69) is 4.98 Å². The molecule has 1 heterocycles. The van der Waals surface area contributed by atoms with Gasteiger partial charge in [0, 0.05) is 6.20 Å². The number of nitrogens with zero attached hydrogens (tertiary/aromatic N) is 2. The Balaban J connectivity index is 3.63. The van der Waals surface area contributed by atoms with Crippen LogP contribution >= 0.6 is 11.6 Å². The predicted octanol–water partition coefficient (Wildman–Crippen LogP) is 2.45. The van der Waals surface area contributed by atoms with Gasteiger partial charge in [0.1, 0.15) is 5.56 Å². The van der Waals surface area contributed by atoms with Gasteiger partial charge in [-0.05, 0) is 11.6 Å². The van der Waals surface area contributed by atoms with E-state index in [1.165, 1.54) is 0 Å². The van der Waals surface area contributed by atoms with Gasteiger partial charge in [0.2, 0.25) is 0 Å². The topological polar surface area (TPSA) is 73.1 Å². The standard InChI is InChI=1S/C7H2ClF3N2O3/c8-5(14)2-1-12-7(11)4(13(15)16)3(2)6(9)10/h1,6H. The number of hydrogen-bond donors (Lipinski definition) is 0. The molecule has 5 nitrogen and oxygen atoms in total. The second-order valence-electron chi connectivity index (χ2n) is 2.56. The fraction of sp³-hybridized carbons (Fsp3) is 0.143. The molecule has 0 aliphatic rings. The lowest BCUT2D eigenvalue weighted by molar-refractivity contribution is -0.389. The molecule has 1 rings (SSSR count). The third-order valence-corrected chi connectivity index (χ3v) is 1.86. The first-order chi connectivity index (χ1) is 7.36. The third-order valence-electron chi connectivity index (χ3n) is 1.66. The van der Waals surface area contributed by atoms with Crippen molar-refractivity contribution in [3.05, 3.63) is 33.4 Å². The first kappa shape index (κ1) is 12.4. The van der Waals surface area contributed by atoms with Crippen LogP contribution in [0.3, 0.4) is 0 Å². The molecule has 0 aliphatic heterocycles. The molecule has 0 saturated carbocycles. The molecule has 0 N–H and O–H groups in total. The van der Waals surface area contributed by atoms with Crippen LogP contribution in [-0.2, 0) is 0 Å². The van der Waals surface area contributed by atoms with Gasteiger partial charge in [0.05, 0.1) is 10.5 Å². The molecule has 1 aromatic rings. The third kappa shape index (κ3) is 2.11. The minimum absolute atomic E-state index is 0.430. The van der Waals surface area contributed by atoms with Crippen LogP contribution in [0.15, 0.2) is 6.20 Å². The number of rotatable bonds is 3. The summed E-state index contributed by atoms with van der Waals surface area (Å²) >= 11 is 4.92. The van der Waals surface area contributed by atoms with Crippen molar-refractivity contribution < 1.29 is 22.9 Å². The Morgan fingerprint density at radius 3 is 2.50 bits per heavy atom. The molecule has 0 fully saturated rings. The first-order valence-electron chi connectivity index (χ1n) is 3.67. The Kier molecular flexibility index (Phi) is 3.43. The van der Waals surface area contributed by atoms with Crippen molar-refractivity contribution in [1.82, 2.24) is 4.98 Å². The Bertz CT molecular complexity index is 466. The molecule has 0 bridgehead atoms. The van der Waals surface area contributed by atoms with Crippen LogP contribution in [0.2, 0.25) is 0 Å². The summed E-state index contributed by atoms with van der Waals surface area (Å²) in [5, 5.41) is 8.99. The van der Waals surface area contributed by atoms with E-state index in [0.717, 1.165) is 0 Å². The van der Waals surface area contributed by atoms with Gasteiger partial charge < -0.3 is 0 Å². The second kappa shape index (κ2) is 4.44. The number of aromatic nitrogens is 1. The summed E-state index contributed by atoms with van der Waals surface area (Å²) in [4.78, 5) is 22.5. The Morgan fingerprint density at radius 2 is 2.12 bits per heavy atom. The number of halogens is 4. The molecule has 0 unspecified atom stereocenters. The van der Waals surface area contributed by atoms with E-state index in [9.17, 15) is 28.1 Å². The second-order valence-corrected chi connectivity index (χ2v) is 2.90. The van der Waals surface area contributed by atoms with Gasteiger partial charge in [0.25, 0.3) is 17.6 Å². The normalized spacial score (nSPS) is 10.6. The van der Waals surface area contributed by atoms with Gasteiger partial charge >= 0.3 is 5.69 Å². The smallest absolute Gasteiger partial charge is 0.276 e. The van der Waals surface area contributed by atoms with Crippen LogP contribution in [0.4, 0.5) is 18.9 Å². The van der Waals surface area contributed by atoms with Crippen LogP contribution in [-0.4, -0.2) is 15.1 Å². The van der Waals surface area contributed by atoms with Gasteiger partial charge in [-0.1, -0.05) is 0 Å². The largest absolute Gasteiger partial charge is 0.333 e. The molecule has 16 heavy (non-hydrogen) atoms. The van der Waals surface area contributed by atoms with Crippen LogP contribution in [0.5, 0.6) is 0 Å². The maximum absolute atomic E-state index is 12.9. The fourth-order valence-electron chi connectivity index (χ4n) is 1.04. The molecular formula is C7H2ClF3N2O3. The molecule has 0 aliphatic carbocycles. The zero-order chi connectivity index (χ0) is 12.5. The SMILES string of the molecule is O=C(Cl)c1cnc(F)c([N+](=O)[O-])c1C(F)F. The van der Waals surface area contributed by atoms with Gasteiger partial charge in [-0.3, -0.25) is 14.9 Å². The van der Waals surface area contributed by atoms with Gasteiger partial charge in [-0.15, -0.1) is 0 Å². The number of alkyl halides is 2. The Hall–Kier alpha value is -1.70. The van der Waals surface area contributed by atoms with Gasteiger partial charge in [-0.25, -0.2) is 13.8 Å². The molecular weight excluding hydrogens is 253 g/mol. The van der Waals surface area contributed by atoms with E-state index in [1.807, 2.05) is 0 Å². The summed E-state index contributed by atoms with van der Waals surface area (Å²) in [7, 11) is 0. The molecule has 86 valence electrons. The highest BCUT2D eigenvalue weighted by Gasteiger charge is 2.32. The molecule has 0 saturated heterocycles. The van der Waals surface area contributed by atoms with E-state index < -0.39 is 39.4 Å². The van der Waals surface area contributed by atoms with Crippen LogP contribution in [0.1, 0.15) is 22.3 Å². The van der Waals surface area contributed by atoms with Crippen molar-refractivity contribution in [1.29, 1.82) is 0 Å². The number of pyridine rings is 1. The minimum Gasteiger partial charge on any atom is -0.276 e. The van der Waals surface area contributed by atoms with E-state index in [-0.39, 0.29) is 0 Å². The zero-order valence-electron chi connectivity index (χ0n) is 7.29. The van der Waals surface area contributed by atoms with Crippen molar-refractivity contribution >= 4 is 22.5 Å². The van der Waals surface area contributed by atoms with Crippen molar-refractivity contribution in [2.75, 3.05) is 0 Å². The molecule has 0 atom stereocenters. The summed E-state index contributed by atoms with van der Waals surface area (Å²) in [6.07, 6.45) is -2.98. The van der Waals surface area contributed by atoms with Crippen molar-refractivity contribution in [3.8, 4) is 0 Å². The van der Waals surface area contributed by atoms with E-state index >= 15 is 0 Å².